The lowest BCUT2D eigenvalue weighted by Gasteiger charge is -2.11. The van der Waals surface area contributed by atoms with Gasteiger partial charge in [0, 0.05) is 25.5 Å². The molecule has 17 heavy (non-hydrogen) atoms. The number of carbonyl (C=O) groups is 1. The molecule has 0 radical (unpaired) electrons. The number of carbonyl (C=O) groups excluding carboxylic acids is 1. The van der Waals surface area contributed by atoms with Crippen LogP contribution >= 0.6 is 0 Å². The van der Waals surface area contributed by atoms with Crippen LogP contribution in [0.3, 0.4) is 0 Å². The van der Waals surface area contributed by atoms with Gasteiger partial charge in [-0.25, -0.2) is 4.98 Å². The van der Waals surface area contributed by atoms with Crippen molar-refractivity contribution in [3.05, 3.63) is 54.1 Å². The minimum Gasteiger partial charge on any atom is -0.336 e. The maximum Gasteiger partial charge on any atom is 0.129 e. The Labute approximate surface area is 100 Å². The Kier molecular flexibility index (Phi) is 3.67. The first-order valence-corrected chi connectivity index (χ1v) is 5.53. The van der Waals surface area contributed by atoms with Gasteiger partial charge in [0.15, 0.2) is 0 Å². The van der Waals surface area contributed by atoms with Gasteiger partial charge in [-0.05, 0) is 11.1 Å². The highest BCUT2D eigenvalue weighted by atomic mass is 16.1. The summed E-state index contributed by atoms with van der Waals surface area (Å²) in [6, 6.07) is 7.83. The summed E-state index contributed by atoms with van der Waals surface area (Å²) in [7, 11) is 0. The SMILES string of the molecule is NCc1ccc(C(C=O)Cn2ccnc2)cc1. The van der Waals surface area contributed by atoms with Crippen LogP contribution in [-0.2, 0) is 17.9 Å². The second-order valence-corrected chi connectivity index (χ2v) is 3.95. The van der Waals surface area contributed by atoms with Crippen LogP contribution in [0.1, 0.15) is 17.0 Å². The molecule has 0 saturated carbocycles. The van der Waals surface area contributed by atoms with Crippen LogP contribution in [0.5, 0.6) is 0 Å². The number of rotatable bonds is 5. The molecule has 1 aromatic carbocycles. The minimum absolute atomic E-state index is 0.143. The van der Waals surface area contributed by atoms with E-state index in [9.17, 15) is 4.79 Å². The fourth-order valence-corrected chi connectivity index (χ4v) is 1.75. The van der Waals surface area contributed by atoms with Gasteiger partial charge in [0.2, 0.25) is 0 Å². The predicted octanol–water partition coefficient (Wildman–Crippen LogP) is 1.32. The van der Waals surface area contributed by atoms with E-state index < -0.39 is 0 Å². The van der Waals surface area contributed by atoms with E-state index in [2.05, 4.69) is 4.98 Å². The van der Waals surface area contributed by atoms with E-state index in [4.69, 9.17) is 5.73 Å². The number of imidazole rings is 1. The highest BCUT2D eigenvalue weighted by molar-refractivity contribution is 5.62. The van der Waals surface area contributed by atoms with Crippen LogP contribution in [0.25, 0.3) is 0 Å². The summed E-state index contributed by atoms with van der Waals surface area (Å²) in [6.45, 7) is 1.14. The van der Waals surface area contributed by atoms with Crippen molar-refractivity contribution in [1.29, 1.82) is 0 Å². The quantitative estimate of drug-likeness (QED) is 0.787. The summed E-state index contributed by atoms with van der Waals surface area (Å²) in [4.78, 5) is 15.1. The molecule has 2 aromatic rings. The number of hydrogen-bond acceptors (Lipinski definition) is 3. The zero-order chi connectivity index (χ0) is 12.1. The third-order valence-corrected chi connectivity index (χ3v) is 2.77. The largest absolute Gasteiger partial charge is 0.336 e. The number of aldehydes is 1. The normalized spacial score (nSPS) is 12.3. The first-order chi connectivity index (χ1) is 8.33. The average Bonchev–Trinajstić information content (AvgIpc) is 2.89. The topological polar surface area (TPSA) is 60.9 Å². The van der Waals surface area contributed by atoms with Crippen molar-refractivity contribution < 1.29 is 4.79 Å². The lowest BCUT2D eigenvalue weighted by Crippen LogP contribution is -2.09. The minimum atomic E-state index is -0.143. The van der Waals surface area contributed by atoms with Crippen LogP contribution in [0.2, 0.25) is 0 Å². The number of benzene rings is 1. The van der Waals surface area contributed by atoms with Crippen molar-refractivity contribution in [3.63, 3.8) is 0 Å². The van der Waals surface area contributed by atoms with Gasteiger partial charge in [-0.2, -0.15) is 0 Å². The molecule has 0 bridgehead atoms. The summed E-state index contributed by atoms with van der Waals surface area (Å²) >= 11 is 0. The highest BCUT2D eigenvalue weighted by Gasteiger charge is 2.10. The number of hydrogen-bond donors (Lipinski definition) is 1. The molecule has 2 N–H and O–H groups in total. The standard InChI is InChI=1S/C13H15N3O/c14-7-11-1-3-12(4-2-11)13(9-17)8-16-6-5-15-10-16/h1-6,9-10,13H,7-8,14H2. The maximum atomic E-state index is 11.1. The van der Waals surface area contributed by atoms with Crippen LogP contribution in [0.4, 0.5) is 0 Å². The van der Waals surface area contributed by atoms with Crippen molar-refractivity contribution >= 4 is 6.29 Å². The van der Waals surface area contributed by atoms with Gasteiger partial charge < -0.3 is 15.1 Å². The molecule has 88 valence electrons. The second kappa shape index (κ2) is 5.41. The van der Waals surface area contributed by atoms with Gasteiger partial charge >= 0.3 is 0 Å². The molecule has 2 rings (SSSR count). The van der Waals surface area contributed by atoms with Gasteiger partial charge in [-0.15, -0.1) is 0 Å². The lowest BCUT2D eigenvalue weighted by molar-refractivity contribution is -0.109. The molecule has 1 unspecified atom stereocenters. The van der Waals surface area contributed by atoms with Crippen molar-refractivity contribution in [3.8, 4) is 0 Å². The maximum absolute atomic E-state index is 11.1. The summed E-state index contributed by atoms with van der Waals surface area (Å²) in [5, 5.41) is 0. The Bertz CT molecular complexity index is 462. The molecule has 0 aliphatic rings. The van der Waals surface area contributed by atoms with Crippen LogP contribution in [0.15, 0.2) is 43.0 Å². The Morgan fingerprint density at radius 1 is 1.35 bits per heavy atom. The van der Waals surface area contributed by atoms with E-state index in [1.54, 1.807) is 12.5 Å². The van der Waals surface area contributed by atoms with Crippen molar-refractivity contribution in [2.75, 3.05) is 0 Å². The molecular weight excluding hydrogens is 214 g/mol. The molecule has 0 aliphatic heterocycles. The molecule has 1 aromatic heterocycles. The van der Waals surface area contributed by atoms with Crippen LogP contribution < -0.4 is 5.73 Å². The van der Waals surface area contributed by atoms with E-state index in [1.165, 1.54) is 0 Å². The highest BCUT2D eigenvalue weighted by Crippen LogP contribution is 2.16. The third-order valence-electron chi connectivity index (χ3n) is 2.77. The zero-order valence-corrected chi connectivity index (χ0v) is 9.49. The molecule has 0 saturated heterocycles. The molecule has 0 fully saturated rings. The van der Waals surface area contributed by atoms with Crippen molar-refractivity contribution in [2.45, 2.75) is 19.0 Å². The second-order valence-electron chi connectivity index (χ2n) is 3.95. The van der Waals surface area contributed by atoms with Crippen molar-refractivity contribution in [2.24, 2.45) is 5.73 Å². The van der Waals surface area contributed by atoms with E-state index in [0.29, 0.717) is 13.1 Å². The van der Waals surface area contributed by atoms with E-state index in [1.807, 2.05) is 35.0 Å². The van der Waals surface area contributed by atoms with Crippen molar-refractivity contribution in [1.82, 2.24) is 9.55 Å². The number of nitrogens with two attached hydrogens (primary N) is 1. The molecule has 0 amide bonds. The zero-order valence-electron chi connectivity index (χ0n) is 9.49. The van der Waals surface area contributed by atoms with E-state index in [0.717, 1.165) is 17.4 Å². The molecule has 4 heteroatoms. The van der Waals surface area contributed by atoms with Gasteiger partial charge in [-0.3, -0.25) is 0 Å². The molecular formula is C13H15N3O. The monoisotopic (exact) mass is 229 g/mol. The first-order valence-electron chi connectivity index (χ1n) is 5.53. The van der Waals surface area contributed by atoms with Gasteiger partial charge in [-0.1, -0.05) is 24.3 Å². The van der Waals surface area contributed by atoms with Crippen LogP contribution in [0, 0.1) is 0 Å². The summed E-state index contributed by atoms with van der Waals surface area (Å²) in [6.07, 6.45) is 6.24. The summed E-state index contributed by atoms with van der Waals surface area (Å²) in [5.74, 6) is -0.143. The Morgan fingerprint density at radius 3 is 2.65 bits per heavy atom. The Balaban J connectivity index is 2.14. The Morgan fingerprint density at radius 2 is 2.12 bits per heavy atom. The van der Waals surface area contributed by atoms with Gasteiger partial charge in [0.05, 0.1) is 12.2 Å². The van der Waals surface area contributed by atoms with Gasteiger partial charge in [0.25, 0.3) is 0 Å². The fraction of sp³-hybridized carbons (Fsp3) is 0.231. The van der Waals surface area contributed by atoms with Gasteiger partial charge in [0.1, 0.15) is 6.29 Å². The average molecular weight is 229 g/mol. The number of nitrogens with zero attached hydrogens (tertiary/aromatic N) is 2. The molecule has 0 aliphatic carbocycles. The predicted molar refractivity (Wildman–Crippen MR) is 65.4 cm³/mol. The van der Waals surface area contributed by atoms with E-state index >= 15 is 0 Å². The third kappa shape index (κ3) is 2.79. The van der Waals surface area contributed by atoms with Crippen LogP contribution in [-0.4, -0.2) is 15.8 Å². The lowest BCUT2D eigenvalue weighted by atomic mass is 9.99. The fourth-order valence-electron chi connectivity index (χ4n) is 1.75. The molecule has 4 nitrogen and oxygen atoms in total. The summed E-state index contributed by atoms with van der Waals surface area (Å²) < 4.78 is 1.90. The molecule has 1 atom stereocenters. The smallest absolute Gasteiger partial charge is 0.129 e. The number of aromatic nitrogens is 2. The van der Waals surface area contributed by atoms with E-state index in [-0.39, 0.29) is 5.92 Å². The molecule has 0 spiro atoms. The summed E-state index contributed by atoms with van der Waals surface area (Å²) in [5.41, 5.74) is 7.61. The Hall–Kier alpha value is -1.94. The molecule has 1 heterocycles. The first kappa shape index (κ1) is 11.5.